The Morgan fingerprint density at radius 1 is 0.775 bits per heavy atom. The molecule has 2 aromatic carbocycles. The highest BCUT2D eigenvalue weighted by Crippen LogP contribution is 2.40. The van der Waals surface area contributed by atoms with Gasteiger partial charge in [-0.1, -0.05) is 121 Å². The largest absolute Gasteiger partial charge is 0.507 e. The first-order valence-electron chi connectivity index (χ1n) is 15.0. The zero-order valence-electron chi connectivity index (χ0n) is 23.9. The molecule has 0 saturated carbocycles. The summed E-state index contributed by atoms with van der Waals surface area (Å²) in [5.74, 6) is -1.60. The third-order valence-electron chi connectivity index (χ3n) is 7.76. The lowest BCUT2D eigenvalue weighted by molar-refractivity contribution is -0.384. The maximum Gasteiger partial charge on any atom is 0.295 e. The van der Waals surface area contributed by atoms with Crippen LogP contribution in [0.2, 0.25) is 0 Å². The third-order valence-corrected chi connectivity index (χ3v) is 7.76. The van der Waals surface area contributed by atoms with Crippen LogP contribution in [-0.4, -0.2) is 33.2 Å². The third kappa shape index (κ3) is 8.77. The second-order valence-corrected chi connectivity index (χ2v) is 10.8. The molecule has 1 N–H and O–H groups in total. The van der Waals surface area contributed by atoms with E-state index in [1.165, 1.54) is 81.2 Å². The standard InChI is InChI=1S/C33H44N2O5/c1-2-3-4-5-6-7-8-9-10-11-12-13-14-18-25-34-30(26-21-23-28(24-22-26)35(39)40)29(32(37)33(34)38)31(36)27-19-16-15-17-20-27/h15-17,19-24,30,36H,2-14,18,25H2,1H3/b31-29+. The molecule has 40 heavy (non-hydrogen) atoms. The zero-order valence-corrected chi connectivity index (χ0v) is 23.9. The monoisotopic (exact) mass is 548 g/mol. The predicted octanol–water partition coefficient (Wildman–Crippen LogP) is 8.50. The van der Waals surface area contributed by atoms with Crippen molar-refractivity contribution in [2.24, 2.45) is 0 Å². The minimum atomic E-state index is -0.789. The van der Waals surface area contributed by atoms with Gasteiger partial charge in [0.05, 0.1) is 16.5 Å². The number of unbranched alkanes of at least 4 members (excludes halogenated alkanes) is 13. The van der Waals surface area contributed by atoms with Crippen LogP contribution in [0.3, 0.4) is 0 Å². The number of nitro groups is 1. The first-order valence-corrected chi connectivity index (χ1v) is 15.0. The number of nitrogens with zero attached hydrogens (tertiary/aromatic N) is 2. The lowest BCUT2D eigenvalue weighted by Crippen LogP contribution is -2.30. The molecule has 1 amide bonds. The van der Waals surface area contributed by atoms with Crippen LogP contribution in [0.15, 0.2) is 60.2 Å². The van der Waals surface area contributed by atoms with Gasteiger partial charge in [0.25, 0.3) is 17.4 Å². The summed E-state index contributed by atoms with van der Waals surface area (Å²) in [7, 11) is 0. The number of hydrogen-bond donors (Lipinski definition) is 1. The summed E-state index contributed by atoms with van der Waals surface area (Å²) < 4.78 is 0. The van der Waals surface area contributed by atoms with Crippen molar-refractivity contribution in [1.82, 2.24) is 4.90 Å². The molecular formula is C33H44N2O5. The molecule has 1 aliphatic rings. The molecule has 216 valence electrons. The summed E-state index contributed by atoms with van der Waals surface area (Å²) in [5.41, 5.74) is 0.961. The van der Waals surface area contributed by atoms with Gasteiger partial charge in [-0.15, -0.1) is 0 Å². The molecule has 0 radical (unpaired) electrons. The highest BCUT2D eigenvalue weighted by atomic mass is 16.6. The zero-order chi connectivity index (χ0) is 28.7. The molecule has 1 aliphatic heterocycles. The van der Waals surface area contributed by atoms with Crippen molar-refractivity contribution < 1.29 is 19.6 Å². The van der Waals surface area contributed by atoms with Crippen LogP contribution in [0.25, 0.3) is 5.76 Å². The van der Waals surface area contributed by atoms with E-state index in [2.05, 4.69) is 6.92 Å². The van der Waals surface area contributed by atoms with E-state index in [-0.39, 0.29) is 17.0 Å². The predicted molar refractivity (Wildman–Crippen MR) is 159 cm³/mol. The van der Waals surface area contributed by atoms with Gasteiger partial charge in [-0.05, 0) is 24.1 Å². The molecular weight excluding hydrogens is 504 g/mol. The minimum Gasteiger partial charge on any atom is -0.507 e. The number of aliphatic hydroxyl groups is 1. The summed E-state index contributed by atoms with van der Waals surface area (Å²) in [6, 6.07) is 13.7. The van der Waals surface area contributed by atoms with Gasteiger partial charge >= 0.3 is 0 Å². The van der Waals surface area contributed by atoms with Crippen molar-refractivity contribution in [3.05, 3.63) is 81.4 Å². The number of likely N-dealkylation sites (tertiary alicyclic amines) is 1. The van der Waals surface area contributed by atoms with E-state index in [4.69, 9.17) is 0 Å². The van der Waals surface area contributed by atoms with Gasteiger partial charge in [0.2, 0.25) is 0 Å². The number of benzene rings is 2. The van der Waals surface area contributed by atoms with E-state index < -0.39 is 22.7 Å². The van der Waals surface area contributed by atoms with Crippen LogP contribution >= 0.6 is 0 Å². The fourth-order valence-corrected chi connectivity index (χ4v) is 5.46. The van der Waals surface area contributed by atoms with Crippen molar-refractivity contribution in [3.8, 4) is 0 Å². The number of hydrogen-bond acceptors (Lipinski definition) is 5. The minimum absolute atomic E-state index is 0.0235. The Morgan fingerprint density at radius 3 is 1.77 bits per heavy atom. The molecule has 7 nitrogen and oxygen atoms in total. The van der Waals surface area contributed by atoms with Crippen molar-refractivity contribution in [3.63, 3.8) is 0 Å². The van der Waals surface area contributed by atoms with Gasteiger partial charge in [0.1, 0.15) is 5.76 Å². The molecule has 0 aromatic heterocycles. The van der Waals surface area contributed by atoms with E-state index in [1.54, 1.807) is 42.5 Å². The molecule has 1 unspecified atom stereocenters. The summed E-state index contributed by atoms with van der Waals surface area (Å²) in [6.45, 7) is 2.63. The van der Waals surface area contributed by atoms with Crippen molar-refractivity contribution in [2.45, 2.75) is 103 Å². The van der Waals surface area contributed by atoms with Crippen LogP contribution in [0.1, 0.15) is 114 Å². The lowest BCUT2D eigenvalue weighted by atomic mass is 9.95. The lowest BCUT2D eigenvalue weighted by Gasteiger charge is -2.25. The van der Waals surface area contributed by atoms with Crippen LogP contribution in [-0.2, 0) is 9.59 Å². The van der Waals surface area contributed by atoms with Gasteiger partial charge in [-0.3, -0.25) is 19.7 Å². The molecule has 1 fully saturated rings. The first kappa shape index (κ1) is 31.1. The number of rotatable bonds is 18. The normalized spacial score (nSPS) is 16.5. The second-order valence-electron chi connectivity index (χ2n) is 10.8. The average molecular weight is 549 g/mol. The van der Waals surface area contributed by atoms with E-state index >= 15 is 0 Å². The smallest absolute Gasteiger partial charge is 0.295 e. The molecule has 1 saturated heterocycles. The molecule has 0 aliphatic carbocycles. The van der Waals surface area contributed by atoms with Gasteiger partial charge in [0.15, 0.2) is 0 Å². The quantitative estimate of drug-likeness (QED) is 0.0502. The molecule has 0 spiro atoms. The van der Waals surface area contributed by atoms with Crippen molar-refractivity contribution in [2.75, 3.05) is 6.54 Å². The Kier molecular flexibility index (Phi) is 12.9. The molecule has 7 heteroatoms. The van der Waals surface area contributed by atoms with Gasteiger partial charge < -0.3 is 10.0 Å². The summed E-state index contributed by atoms with van der Waals surface area (Å²) >= 11 is 0. The summed E-state index contributed by atoms with van der Waals surface area (Å²) in [5, 5.41) is 22.2. The van der Waals surface area contributed by atoms with Gasteiger partial charge in [0, 0.05) is 24.2 Å². The van der Waals surface area contributed by atoms with Crippen LogP contribution in [0.4, 0.5) is 5.69 Å². The number of carbonyl (C=O) groups excluding carboxylic acids is 2. The Morgan fingerprint density at radius 2 is 1.27 bits per heavy atom. The Labute approximate surface area is 238 Å². The molecule has 1 heterocycles. The molecule has 2 aromatic rings. The number of non-ortho nitro benzene ring substituents is 1. The van der Waals surface area contributed by atoms with E-state index in [0.29, 0.717) is 17.7 Å². The number of Topliss-reactive ketones (excluding diaryl/α,β-unsaturated/α-hetero) is 1. The van der Waals surface area contributed by atoms with E-state index in [9.17, 15) is 24.8 Å². The number of nitro benzene ring substituents is 1. The number of carbonyl (C=O) groups is 2. The van der Waals surface area contributed by atoms with Gasteiger partial charge in [-0.2, -0.15) is 0 Å². The summed E-state index contributed by atoms with van der Waals surface area (Å²) in [4.78, 5) is 38.4. The van der Waals surface area contributed by atoms with Crippen molar-refractivity contribution >= 4 is 23.1 Å². The maximum absolute atomic E-state index is 13.1. The van der Waals surface area contributed by atoms with Gasteiger partial charge in [-0.25, -0.2) is 0 Å². The van der Waals surface area contributed by atoms with Crippen molar-refractivity contribution in [1.29, 1.82) is 0 Å². The maximum atomic E-state index is 13.1. The Balaban J connectivity index is 1.55. The number of ketones is 1. The summed E-state index contributed by atoms with van der Waals surface area (Å²) in [6.07, 6.45) is 17.1. The molecule has 1 atom stereocenters. The van der Waals surface area contributed by atoms with Crippen LogP contribution in [0.5, 0.6) is 0 Å². The fourth-order valence-electron chi connectivity index (χ4n) is 5.46. The van der Waals surface area contributed by atoms with E-state index in [1.807, 2.05) is 0 Å². The topological polar surface area (TPSA) is 101 Å². The second kappa shape index (κ2) is 16.6. The number of aliphatic hydroxyl groups excluding tert-OH is 1. The Bertz CT molecular complexity index is 1130. The molecule has 0 bridgehead atoms. The first-order chi connectivity index (χ1) is 19.5. The fraction of sp³-hybridized carbons (Fsp3) is 0.515. The SMILES string of the molecule is CCCCCCCCCCCCCCCCN1C(=O)C(=O)/C(=C(/O)c2ccccc2)C1c1ccc([N+](=O)[O-])cc1. The highest BCUT2D eigenvalue weighted by molar-refractivity contribution is 6.46. The average Bonchev–Trinajstić information content (AvgIpc) is 3.22. The van der Waals surface area contributed by atoms with Crippen LogP contribution in [0, 0.1) is 10.1 Å². The molecule has 3 rings (SSSR count). The van der Waals surface area contributed by atoms with E-state index in [0.717, 1.165) is 25.7 Å². The number of amides is 1. The van der Waals surface area contributed by atoms with Crippen LogP contribution < -0.4 is 0 Å². The highest BCUT2D eigenvalue weighted by Gasteiger charge is 2.45. The Hall–Kier alpha value is -3.48.